The molecule has 2 rings (SSSR count). The topological polar surface area (TPSA) is 44.8 Å². The molecule has 1 aliphatic rings. The second kappa shape index (κ2) is 8.80. The van der Waals surface area contributed by atoms with E-state index < -0.39 is 18.3 Å². The lowest BCUT2D eigenvalue weighted by Gasteiger charge is -2.14. The van der Waals surface area contributed by atoms with Crippen molar-refractivity contribution in [3.05, 3.63) is 23.8 Å². The SMILES string of the molecule is COC(=O)C1CCC(COc2ccc(OCCCF)c(F)c2F)C1. The van der Waals surface area contributed by atoms with Crippen molar-refractivity contribution in [1.82, 2.24) is 0 Å². The van der Waals surface area contributed by atoms with E-state index in [0.29, 0.717) is 12.8 Å². The molecule has 7 heteroatoms. The molecule has 1 fully saturated rings. The summed E-state index contributed by atoms with van der Waals surface area (Å²) in [6, 6.07) is 2.55. The second-order valence-corrected chi connectivity index (χ2v) is 5.79. The number of carbonyl (C=O) groups is 1. The Kier molecular flexibility index (Phi) is 6.75. The molecular weight excluding hydrogens is 325 g/mol. The maximum Gasteiger partial charge on any atom is 0.308 e. The van der Waals surface area contributed by atoms with Gasteiger partial charge in [-0.25, -0.2) is 0 Å². The molecule has 0 saturated heterocycles. The number of carbonyl (C=O) groups excluding carboxylic acids is 1. The van der Waals surface area contributed by atoms with E-state index in [9.17, 15) is 18.0 Å². The van der Waals surface area contributed by atoms with Crippen molar-refractivity contribution >= 4 is 5.97 Å². The van der Waals surface area contributed by atoms with Crippen LogP contribution >= 0.6 is 0 Å². The highest BCUT2D eigenvalue weighted by atomic mass is 19.2. The molecule has 2 unspecified atom stereocenters. The number of ether oxygens (including phenoxy) is 3. The van der Waals surface area contributed by atoms with Crippen molar-refractivity contribution in [3.63, 3.8) is 0 Å². The van der Waals surface area contributed by atoms with Crippen molar-refractivity contribution in [3.8, 4) is 11.5 Å². The Morgan fingerprint density at radius 3 is 2.46 bits per heavy atom. The fraction of sp³-hybridized carbons (Fsp3) is 0.588. The molecule has 0 radical (unpaired) electrons. The molecule has 1 saturated carbocycles. The normalized spacial score (nSPS) is 20.0. The van der Waals surface area contributed by atoms with Gasteiger partial charge in [-0.05, 0) is 37.3 Å². The van der Waals surface area contributed by atoms with E-state index in [1.54, 1.807) is 0 Å². The number of rotatable bonds is 8. The van der Waals surface area contributed by atoms with Crippen LogP contribution in [0.1, 0.15) is 25.7 Å². The van der Waals surface area contributed by atoms with Gasteiger partial charge < -0.3 is 14.2 Å². The van der Waals surface area contributed by atoms with Gasteiger partial charge in [-0.15, -0.1) is 0 Å². The fourth-order valence-corrected chi connectivity index (χ4v) is 2.79. The Bertz CT molecular complexity index is 565. The molecule has 2 atom stereocenters. The molecule has 0 amide bonds. The van der Waals surface area contributed by atoms with Crippen LogP contribution < -0.4 is 9.47 Å². The van der Waals surface area contributed by atoms with Crippen molar-refractivity contribution in [1.29, 1.82) is 0 Å². The lowest BCUT2D eigenvalue weighted by molar-refractivity contribution is -0.145. The van der Waals surface area contributed by atoms with Crippen LogP contribution in [0, 0.1) is 23.5 Å². The standard InChI is InChI=1S/C17H21F3O4/c1-22-17(21)12-4-3-11(9-12)10-24-14-6-5-13(15(19)16(14)20)23-8-2-7-18/h5-6,11-12H,2-4,7-10H2,1H3. The van der Waals surface area contributed by atoms with Gasteiger partial charge in [0.15, 0.2) is 11.5 Å². The molecule has 0 aliphatic heterocycles. The number of hydrogen-bond acceptors (Lipinski definition) is 4. The van der Waals surface area contributed by atoms with Gasteiger partial charge in [-0.3, -0.25) is 9.18 Å². The third-order valence-corrected chi connectivity index (χ3v) is 4.10. The fourth-order valence-electron chi connectivity index (χ4n) is 2.79. The molecular formula is C17H21F3O4. The molecule has 134 valence electrons. The predicted octanol–water partition coefficient (Wildman–Crippen LogP) is 3.67. The average Bonchev–Trinajstić information content (AvgIpc) is 3.06. The Morgan fingerprint density at radius 1 is 1.17 bits per heavy atom. The number of esters is 1. The summed E-state index contributed by atoms with van der Waals surface area (Å²) in [6.45, 7) is -0.408. The van der Waals surface area contributed by atoms with Gasteiger partial charge in [-0.2, -0.15) is 8.78 Å². The lowest BCUT2D eigenvalue weighted by Crippen LogP contribution is -2.15. The summed E-state index contributed by atoms with van der Waals surface area (Å²) in [5, 5.41) is 0. The quantitative estimate of drug-likeness (QED) is 0.532. The van der Waals surface area contributed by atoms with Gasteiger partial charge in [-0.1, -0.05) is 0 Å². The van der Waals surface area contributed by atoms with E-state index in [4.69, 9.17) is 14.2 Å². The Labute approximate surface area is 138 Å². The molecule has 24 heavy (non-hydrogen) atoms. The minimum atomic E-state index is -1.15. The van der Waals surface area contributed by atoms with Gasteiger partial charge in [0.1, 0.15) is 0 Å². The van der Waals surface area contributed by atoms with Crippen molar-refractivity contribution in [2.24, 2.45) is 11.8 Å². The molecule has 0 bridgehead atoms. The van der Waals surface area contributed by atoms with E-state index >= 15 is 0 Å². The van der Waals surface area contributed by atoms with Crippen LogP contribution in [0.3, 0.4) is 0 Å². The molecule has 0 aromatic heterocycles. The Hall–Kier alpha value is -1.92. The summed E-state index contributed by atoms with van der Waals surface area (Å²) in [5.41, 5.74) is 0. The van der Waals surface area contributed by atoms with Crippen molar-refractivity contribution in [2.75, 3.05) is 27.0 Å². The van der Waals surface area contributed by atoms with Gasteiger partial charge in [0.2, 0.25) is 11.6 Å². The van der Waals surface area contributed by atoms with Gasteiger partial charge in [0, 0.05) is 6.42 Å². The zero-order valence-corrected chi connectivity index (χ0v) is 13.5. The van der Waals surface area contributed by atoms with Crippen LogP contribution in [0.15, 0.2) is 12.1 Å². The Balaban J connectivity index is 1.89. The summed E-state index contributed by atoms with van der Waals surface area (Å²) in [5.74, 6) is -3.05. The number of alkyl halides is 1. The predicted molar refractivity (Wildman–Crippen MR) is 80.8 cm³/mol. The number of benzene rings is 1. The monoisotopic (exact) mass is 346 g/mol. The highest BCUT2D eigenvalue weighted by Crippen LogP contribution is 2.33. The molecule has 1 aromatic rings. The third kappa shape index (κ3) is 4.55. The van der Waals surface area contributed by atoms with Gasteiger partial charge in [0.25, 0.3) is 0 Å². The first-order chi connectivity index (χ1) is 11.6. The molecule has 0 spiro atoms. The maximum atomic E-state index is 14.0. The molecule has 0 heterocycles. The summed E-state index contributed by atoms with van der Waals surface area (Å²) in [6.07, 6.45) is 2.21. The molecule has 1 aliphatic carbocycles. The van der Waals surface area contributed by atoms with Crippen LogP contribution in [0.25, 0.3) is 0 Å². The summed E-state index contributed by atoms with van der Waals surface area (Å²) in [7, 11) is 1.35. The minimum absolute atomic E-state index is 0.0238. The first kappa shape index (κ1) is 18.4. The third-order valence-electron chi connectivity index (χ3n) is 4.10. The first-order valence-corrected chi connectivity index (χ1v) is 7.94. The number of hydrogen-bond donors (Lipinski definition) is 0. The van der Waals surface area contributed by atoms with Gasteiger partial charge in [0.05, 0.1) is 32.9 Å². The summed E-state index contributed by atoms with van der Waals surface area (Å²) in [4.78, 5) is 11.5. The number of methoxy groups -OCH3 is 1. The van der Waals surface area contributed by atoms with Crippen molar-refractivity contribution in [2.45, 2.75) is 25.7 Å². The van der Waals surface area contributed by atoms with Crippen LogP contribution in [0.5, 0.6) is 11.5 Å². The summed E-state index contributed by atoms with van der Waals surface area (Å²) < 4.78 is 54.9. The van der Waals surface area contributed by atoms with E-state index in [-0.39, 0.29) is 48.9 Å². The second-order valence-electron chi connectivity index (χ2n) is 5.79. The lowest BCUT2D eigenvalue weighted by atomic mass is 10.1. The smallest absolute Gasteiger partial charge is 0.308 e. The molecule has 1 aromatic carbocycles. The number of halogens is 3. The van der Waals surface area contributed by atoms with Gasteiger partial charge >= 0.3 is 5.97 Å². The van der Waals surface area contributed by atoms with E-state index in [0.717, 1.165) is 6.42 Å². The molecule has 0 N–H and O–H groups in total. The zero-order chi connectivity index (χ0) is 17.5. The minimum Gasteiger partial charge on any atom is -0.490 e. The molecule has 4 nitrogen and oxygen atoms in total. The van der Waals surface area contributed by atoms with Crippen molar-refractivity contribution < 1.29 is 32.2 Å². The van der Waals surface area contributed by atoms with Crippen LogP contribution in [0.4, 0.5) is 13.2 Å². The van der Waals surface area contributed by atoms with Crippen LogP contribution in [0.2, 0.25) is 0 Å². The largest absolute Gasteiger partial charge is 0.490 e. The summed E-state index contributed by atoms with van der Waals surface area (Å²) >= 11 is 0. The highest BCUT2D eigenvalue weighted by Gasteiger charge is 2.31. The first-order valence-electron chi connectivity index (χ1n) is 7.94. The Morgan fingerprint density at radius 2 is 1.83 bits per heavy atom. The highest BCUT2D eigenvalue weighted by molar-refractivity contribution is 5.72. The van der Waals surface area contributed by atoms with E-state index in [2.05, 4.69) is 0 Å². The van der Waals surface area contributed by atoms with Crippen LogP contribution in [-0.2, 0) is 9.53 Å². The maximum absolute atomic E-state index is 14.0. The average molecular weight is 346 g/mol. The van der Waals surface area contributed by atoms with E-state index in [1.165, 1.54) is 19.2 Å². The zero-order valence-electron chi connectivity index (χ0n) is 13.5. The van der Waals surface area contributed by atoms with Crippen LogP contribution in [-0.4, -0.2) is 33.0 Å². The van der Waals surface area contributed by atoms with E-state index in [1.807, 2.05) is 0 Å².